The maximum atomic E-state index is 13.4. The quantitative estimate of drug-likeness (QED) is 0.259. The summed E-state index contributed by atoms with van der Waals surface area (Å²) in [5.74, 6) is -0.420. The normalized spacial score (nSPS) is 11.6. The molecule has 0 aliphatic rings. The van der Waals surface area contributed by atoms with Crippen LogP contribution >= 0.6 is 23.2 Å². The number of carbonyl (C=O) groups is 1. The summed E-state index contributed by atoms with van der Waals surface area (Å²) >= 11 is 12.3. The van der Waals surface area contributed by atoms with Crippen molar-refractivity contribution in [1.82, 2.24) is 14.6 Å². The number of halogens is 2. The number of pyridine rings is 1. The van der Waals surface area contributed by atoms with Gasteiger partial charge in [-0.3, -0.25) is 9.78 Å². The fourth-order valence-electron chi connectivity index (χ4n) is 3.79. The van der Waals surface area contributed by atoms with Crippen LogP contribution in [0.2, 0.25) is 10.0 Å². The molecule has 1 aromatic heterocycles. The van der Waals surface area contributed by atoms with E-state index in [0.717, 1.165) is 26.5 Å². The SMILES string of the molecule is Cc1ccc(S(=O)(=O)N(CC(=O)NCCNc2ccnc3cc(Cl)ccc23)Cc2ccccc2Cl)cc1. The summed E-state index contributed by atoms with van der Waals surface area (Å²) in [5.41, 5.74) is 3.17. The molecule has 4 rings (SSSR count). The van der Waals surface area contributed by atoms with Crippen LogP contribution in [0.5, 0.6) is 0 Å². The molecule has 0 saturated heterocycles. The third-order valence-corrected chi connectivity index (χ3v) is 8.16. The van der Waals surface area contributed by atoms with Gasteiger partial charge >= 0.3 is 0 Å². The van der Waals surface area contributed by atoms with Crippen molar-refractivity contribution < 1.29 is 13.2 Å². The van der Waals surface area contributed by atoms with Gasteiger partial charge in [0, 0.05) is 46.9 Å². The maximum absolute atomic E-state index is 13.4. The summed E-state index contributed by atoms with van der Waals surface area (Å²) in [5, 5.41) is 8.02. The van der Waals surface area contributed by atoms with Gasteiger partial charge in [0.15, 0.2) is 0 Å². The summed E-state index contributed by atoms with van der Waals surface area (Å²) in [4.78, 5) is 17.3. The van der Waals surface area contributed by atoms with Crippen LogP contribution in [0.3, 0.4) is 0 Å². The average molecular weight is 558 g/mol. The first kappa shape index (κ1) is 26.9. The predicted octanol–water partition coefficient (Wildman–Crippen LogP) is 5.27. The lowest BCUT2D eigenvalue weighted by molar-refractivity contribution is -0.121. The molecule has 3 aromatic carbocycles. The number of aromatic nitrogens is 1. The van der Waals surface area contributed by atoms with Crippen LogP contribution in [0.25, 0.3) is 10.9 Å². The zero-order chi connectivity index (χ0) is 26.4. The van der Waals surface area contributed by atoms with E-state index in [0.29, 0.717) is 28.7 Å². The first-order valence-corrected chi connectivity index (χ1v) is 13.8. The molecule has 1 amide bonds. The van der Waals surface area contributed by atoms with Crippen molar-refractivity contribution >= 4 is 55.7 Å². The minimum atomic E-state index is -3.95. The van der Waals surface area contributed by atoms with E-state index in [4.69, 9.17) is 23.2 Å². The van der Waals surface area contributed by atoms with Crippen molar-refractivity contribution in [2.24, 2.45) is 0 Å². The molecule has 0 aliphatic carbocycles. The Balaban J connectivity index is 1.43. The molecule has 1 heterocycles. The van der Waals surface area contributed by atoms with Gasteiger partial charge in [0.25, 0.3) is 0 Å². The van der Waals surface area contributed by atoms with Crippen molar-refractivity contribution in [2.45, 2.75) is 18.4 Å². The Hall–Kier alpha value is -3.17. The second kappa shape index (κ2) is 11.9. The highest BCUT2D eigenvalue weighted by atomic mass is 35.5. The lowest BCUT2D eigenvalue weighted by atomic mass is 10.2. The van der Waals surface area contributed by atoms with Crippen molar-refractivity contribution in [3.05, 3.63) is 100 Å². The number of hydrogen-bond acceptors (Lipinski definition) is 5. The number of sulfonamides is 1. The molecule has 192 valence electrons. The Bertz CT molecular complexity index is 1510. The monoisotopic (exact) mass is 556 g/mol. The molecule has 0 spiro atoms. The van der Waals surface area contributed by atoms with E-state index in [1.54, 1.807) is 54.7 Å². The summed E-state index contributed by atoms with van der Waals surface area (Å²) in [6, 6.07) is 20.8. The molecule has 4 aromatic rings. The first-order valence-electron chi connectivity index (χ1n) is 11.6. The Labute approximate surface area is 226 Å². The van der Waals surface area contributed by atoms with Crippen molar-refractivity contribution in [1.29, 1.82) is 0 Å². The lowest BCUT2D eigenvalue weighted by Crippen LogP contribution is -2.41. The van der Waals surface area contributed by atoms with Crippen LogP contribution in [-0.2, 0) is 21.4 Å². The van der Waals surface area contributed by atoms with E-state index in [-0.39, 0.29) is 18.0 Å². The van der Waals surface area contributed by atoms with Crippen molar-refractivity contribution in [3.8, 4) is 0 Å². The van der Waals surface area contributed by atoms with E-state index in [9.17, 15) is 13.2 Å². The Kier molecular flexibility index (Phi) is 8.66. The standard InChI is InChI=1S/C27H26Cl2N4O3S/c1-19-6-9-22(10-7-19)37(35,36)33(17-20-4-2-3-5-24(20)29)18-27(34)32-15-14-31-25-12-13-30-26-16-21(28)8-11-23(25)26/h2-13,16H,14-15,17-18H2,1H3,(H,30,31)(H,32,34). The summed E-state index contributed by atoms with van der Waals surface area (Å²) in [6.07, 6.45) is 1.68. The van der Waals surface area contributed by atoms with Gasteiger partial charge < -0.3 is 10.6 Å². The number of carbonyl (C=O) groups excluding carboxylic acids is 1. The number of anilines is 1. The molecular weight excluding hydrogens is 531 g/mol. The molecule has 37 heavy (non-hydrogen) atoms. The molecule has 0 fully saturated rings. The Morgan fingerprint density at radius 2 is 1.73 bits per heavy atom. The van der Waals surface area contributed by atoms with Crippen molar-refractivity contribution in [3.63, 3.8) is 0 Å². The molecule has 0 aliphatic heterocycles. The fraction of sp³-hybridized carbons (Fsp3) is 0.185. The molecule has 0 atom stereocenters. The molecule has 0 bridgehead atoms. The lowest BCUT2D eigenvalue weighted by Gasteiger charge is -2.22. The minimum Gasteiger partial charge on any atom is -0.383 e. The molecule has 0 saturated carbocycles. The summed E-state index contributed by atoms with van der Waals surface area (Å²) < 4.78 is 28.0. The number of nitrogens with zero attached hydrogens (tertiary/aromatic N) is 2. The Morgan fingerprint density at radius 3 is 2.49 bits per heavy atom. The van der Waals surface area contributed by atoms with Gasteiger partial charge in [0.1, 0.15) is 0 Å². The maximum Gasteiger partial charge on any atom is 0.243 e. The molecular formula is C27H26Cl2N4O3S. The van der Waals surface area contributed by atoms with Gasteiger partial charge in [0.05, 0.1) is 17.0 Å². The predicted molar refractivity (Wildman–Crippen MR) is 148 cm³/mol. The van der Waals surface area contributed by atoms with Gasteiger partial charge in [-0.15, -0.1) is 0 Å². The van der Waals surface area contributed by atoms with Crippen LogP contribution < -0.4 is 10.6 Å². The highest BCUT2D eigenvalue weighted by Gasteiger charge is 2.27. The molecule has 2 N–H and O–H groups in total. The van der Waals surface area contributed by atoms with Gasteiger partial charge in [0.2, 0.25) is 15.9 Å². The zero-order valence-corrected chi connectivity index (χ0v) is 22.4. The number of rotatable bonds is 10. The van der Waals surface area contributed by atoms with Gasteiger partial charge in [-0.25, -0.2) is 8.42 Å². The van der Waals surface area contributed by atoms with Crippen molar-refractivity contribution in [2.75, 3.05) is 25.0 Å². The fourth-order valence-corrected chi connectivity index (χ4v) is 5.53. The second-order valence-corrected chi connectivity index (χ2v) is 11.3. The average Bonchev–Trinajstić information content (AvgIpc) is 2.87. The van der Waals surface area contributed by atoms with E-state index >= 15 is 0 Å². The zero-order valence-electron chi connectivity index (χ0n) is 20.1. The number of benzene rings is 3. The third-order valence-electron chi connectivity index (χ3n) is 5.75. The first-order chi connectivity index (χ1) is 17.7. The van der Waals surface area contributed by atoms with Gasteiger partial charge in [-0.05, 0) is 55.0 Å². The molecule has 10 heteroatoms. The van der Waals surface area contributed by atoms with Crippen LogP contribution in [-0.4, -0.2) is 43.2 Å². The summed E-state index contributed by atoms with van der Waals surface area (Å²) in [7, 11) is -3.95. The number of nitrogens with one attached hydrogen (secondary N) is 2. The second-order valence-electron chi connectivity index (χ2n) is 8.47. The number of aryl methyl sites for hydroxylation is 1. The van der Waals surface area contributed by atoms with E-state index in [1.165, 1.54) is 12.1 Å². The number of fused-ring (bicyclic) bond motifs is 1. The van der Waals surface area contributed by atoms with Crippen LogP contribution in [0.4, 0.5) is 5.69 Å². The van der Waals surface area contributed by atoms with E-state index < -0.39 is 15.9 Å². The van der Waals surface area contributed by atoms with Gasteiger partial charge in [-0.1, -0.05) is 59.1 Å². The Morgan fingerprint density at radius 1 is 0.973 bits per heavy atom. The van der Waals surface area contributed by atoms with E-state index in [1.807, 2.05) is 19.1 Å². The largest absolute Gasteiger partial charge is 0.383 e. The van der Waals surface area contributed by atoms with E-state index in [2.05, 4.69) is 15.6 Å². The topological polar surface area (TPSA) is 91.4 Å². The molecule has 0 unspecified atom stereocenters. The number of amides is 1. The smallest absolute Gasteiger partial charge is 0.243 e. The summed E-state index contributed by atoms with van der Waals surface area (Å²) in [6.45, 7) is 2.22. The van der Waals surface area contributed by atoms with Crippen LogP contribution in [0.15, 0.2) is 83.9 Å². The van der Waals surface area contributed by atoms with Crippen LogP contribution in [0, 0.1) is 6.92 Å². The van der Waals surface area contributed by atoms with Gasteiger partial charge in [-0.2, -0.15) is 4.31 Å². The third kappa shape index (κ3) is 6.78. The molecule has 7 nitrogen and oxygen atoms in total. The highest BCUT2D eigenvalue weighted by Crippen LogP contribution is 2.25. The molecule has 0 radical (unpaired) electrons. The van der Waals surface area contributed by atoms with Crippen LogP contribution in [0.1, 0.15) is 11.1 Å². The number of hydrogen-bond donors (Lipinski definition) is 2. The highest BCUT2D eigenvalue weighted by molar-refractivity contribution is 7.89. The minimum absolute atomic E-state index is 0.0346.